The van der Waals surface area contributed by atoms with Crippen LogP contribution in [0.2, 0.25) is 0 Å². The molecule has 5 nitrogen and oxygen atoms in total. The Bertz CT molecular complexity index is 917. The molecule has 0 aromatic rings. The number of rotatable bonds is 3. The topological polar surface area (TPSA) is 83.8 Å². The highest BCUT2D eigenvalue weighted by molar-refractivity contribution is 5.90. The fraction of sp³-hybridized carbons (Fsp3) is 0.786. The van der Waals surface area contributed by atoms with Gasteiger partial charge < -0.3 is 14.9 Å². The Hall–Kier alpha value is -1.46. The van der Waals surface area contributed by atoms with E-state index in [1.807, 2.05) is 0 Å². The van der Waals surface area contributed by atoms with Crippen molar-refractivity contribution in [3.8, 4) is 0 Å². The molecule has 0 spiro atoms. The number of cyclic esters (lactones) is 1. The van der Waals surface area contributed by atoms with E-state index in [-0.39, 0.29) is 30.0 Å². The first kappa shape index (κ1) is 23.3. The van der Waals surface area contributed by atoms with Gasteiger partial charge in [-0.25, -0.2) is 4.79 Å². The quantitative estimate of drug-likeness (QED) is 0.487. The van der Waals surface area contributed by atoms with Gasteiger partial charge in [-0.15, -0.1) is 0 Å². The molecule has 1 heterocycles. The average Bonchev–Trinajstić information content (AvgIpc) is 3.15. The third kappa shape index (κ3) is 3.25. The maximum atomic E-state index is 13.2. The summed E-state index contributed by atoms with van der Waals surface area (Å²) >= 11 is 0. The summed E-state index contributed by atoms with van der Waals surface area (Å²) in [6.07, 6.45) is 8.64. The lowest BCUT2D eigenvalue weighted by Crippen LogP contribution is -2.55. The molecule has 0 amide bonds. The Kier molecular flexibility index (Phi) is 5.68. The molecule has 2 N–H and O–H groups in total. The molecule has 5 heteroatoms. The molecule has 9 unspecified atom stereocenters. The van der Waals surface area contributed by atoms with Crippen LogP contribution < -0.4 is 0 Å². The van der Waals surface area contributed by atoms with Crippen LogP contribution in [0.25, 0.3) is 0 Å². The molecule has 0 radical (unpaired) electrons. The standard InChI is InChI=1S/C28H40O5/c1-15-17(14-29)13-24(33-26(15)32)16(2)19-7-8-20-18-5-6-22-23(30)9-10-25(31)28(22,4)21(18)11-12-27(19,20)3/h6,16,18-21,23-24,29-30H,5,7-14H2,1-4H3. The summed E-state index contributed by atoms with van der Waals surface area (Å²) < 4.78 is 5.86. The number of aliphatic hydroxyl groups excluding tert-OH is 2. The van der Waals surface area contributed by atoms with Crippen molar-refractivity contribution >= 4 is 11.8 Å². The van der Waals surface area contributed by atoms with Gasteiger partial charge in [0.05, 0.1) is 18.1 Å². The molecular formula is C28H40O5. The van der Waals surface area contributed by atoms with Crippen molar-refractivity contribution in [3.63, 3.8) is 0 Å². The van der Waals surface area contributed by atoms with Gasteiger partial charge in [-0.3, -0.25) is 4.79 Å². The summed E-state index contributed by atoms with van der Waals surface area (Å²) in [5.74, 6) is 2.10. The lowest BCUT2D eigenvalue weighted by atomic mass is 9.46. The Labute approximate surface area is 197 Å². The molecule has 9 atom stereocenters. The van der Waals surface area contributed by atoms with Gasteiger partial charge in [-0.2, -0.15) is 0 Å². The first-order valence-electron chi connectivity index (χ1n) is 13.0. The normalized spacial score (nSPS) is 46.2. The van der Waals surface area contributed by atoms with Crippen molar-refractivity contribution in [2.75, 3.05) is 6.61 Å². The monoisotopic (exact) mass is 456 g/mol. The van der Waals surface area contributed by atoms with Crippen LogP contribution in [0.15, 0.2) is 22.8 Å². The van der Waals surface area contributed by atoms with Gasteiger partial charge in [-0.1, -0.05) is 19.9 Å². The molecule has 33 heavy (non-hydrogen) atoms. The molecule has 1 aliphatic heterocycles. The van der Waals surface area contributed by atoms with E-state index in [4.69, 9.17) is 4.74 Å². The molecular weight excluding hydrogens is 416 g/mol. The van der Waals surface area contributed by atoms with E-state index in [9.17, 15) is 19.8 Å². The Balaban J connectivity index is 1.40. The van der Waals surface area contributed by atoms with Crippen molar-refractivity contribution in [2.45, 2.75) is 91.3 Å². The molecule has 4 aliphatic carbocycles. The molecule has 5 rings (SSSR count). The largest absolute Gasteiger partial charge is 0.458 e. The minimum atomic E-state index is -0.497. The number of ketones is 1. The van der Waals surface area contributed by atoms with Crippen LogP contribution in [0.5, 0.6) is 0 Å². The Morgan fingerprint density at radius 2 is 1.91 bits per heavy atom. The summed E-state index contributed by atoms with van der Waals surface area (Å²) in [7, 11) is 0. The minimum absolute atomic E-state index is 0.0778. The molecule has 0 aromatic carbocycles. The first-order valence-corrected chi connectivity index (χ1v) is 13.0. The second-order valence-electron chi connectivity index (χ2n) is 12.1. The van der Waals surface area contributed by atoms with E-state index in [1.54, 1.807) is 6.92 Å². The zero-order chi connectivity index (χ0) is 23.7. The Morgan fingerprint density at radius 3 is 2.64 bits per heavy atom. The highest BCUT2D eigenvalue weighted by Crippen LogP contribution is 2.67. The lowest BCUT2D eigenvalue weighted by molar-refractivity contribution is -0.152. The number of ether oxygens (including phenoxy) is 1. The number of carbonyl (C=O) groups excluding carboxylic acids is 2. The molecule has 0 aromatic heterocycles. The highest BCUT2D eigenvalue weighted by atomic mass is 16.5. The fourth-order valence-corrected chi connectivity index (χ4v) is 9.00. The van der Waals surface area contributed by atoms with Gasteiger partial charge >= 0.3 is 5.97 Å². The number of carbonyl (C=O) groups is 2. The summed E-state index contributed by atoms with van der Waals surface area (Å²) in [5, 5.41) is 20.4. The van der Waals surface area contributed by atoms with Crippen molar-refractivity contribution in [1.29, 1.82) is 0 Å². The van der Waals surface area contributed by atoms with Crippen LogP contribution in [0.4, 0.5) is 0 Å². The predicted molar refractivity (Wildman–Crippen MR) is 125 cm³/mol. The zero-order valence-corrected chi connectivity index (χ0v) is 20.6. The maximum Gasteiger partial charge on any atom is 0.334 e. The Morgan fingerprint density at radius 1 is 1.15 bits per heavy atom. The van der Waals surface area contributed by atoms with Gasteiger partial charge in [-0.05, 0) is 98.5 Å². The van der Waals surface area contributed by atoms with Gasteiger partial charge in [0.1, 0.15) is 11.9 Å². The number of esters is 1. The molecule has 5 aliphatic rings. The second kappa shape index (κ2) is 8.05. The summed E-state index contributed by atoms with van der Waals surface area (Å²) in [5.41, 5.74) is 2.05. The van der Waals surface area contributed by atoms with Crippen molar-refractivity contribution in [2.24, 2.45) is 40.4 Å². The number of hydrogen-bond acceptors (Lipinski definition) is 5. The van der Waals surface area contributed by atoms with Crippen molar-refractivity contribution in [3.05, 3.63) is 22.8 Å². The number of aliphatic hydroxyl groups is 2. The smallest absolute Gasteiger partial charge is 0.334 e. The van der Waals surface area contributed by atoms with E-state index in [0.29, 0.717) is 54.3 Å². The van der Waals surface area contributed by atoms with Crippen molar-refractivity contribution < 1.29 is 24.5 Å². The third-order valence-electron chi connectivity index (χ3n) is 11.0. The van der Waals surface area contributed by atoms with Gasteiger partial charge in [0.25, 0.3) is 0 Å². The highest BCUT2D eigenvalue weighted by Gasteiger charge is 2.62. The van der Waals surface area contributed by atoms with Crippen LogP contribution in [0.1, 0.15) is 79.1 Å². The minimum Gasteiger partial charge on any atom is -0.458 e. The number of allylic oxidation sites excluding steroid dienone is 1. The second-order valence-corrected chi connectivity index (χ2v) is 12.1. The van der Waals surface area contributed by atoms with Gasteiger partial charge in [0, 0.05) is 18.4 Å². The van der Waals surface area contributed by atoms with Crippen LogP contribution in [0, 0.1) is 40.4 Å². The zero-order valence-electron chi connectivity index (χ0n) is 20.6. The third-order valence-corrected chi connectivity index (χ3v) is 11.0. The van der Waals surface area contributed by atoms with E-state index in [2.05, 4.69) is 26.8 Å². The first-order chi connectivity index (χ1) is 15.6. The van der Waals surface area contributed by atoms with E-state index < -0.39 is 11.5 Å². The van der Waals surface area contributed by atoms with Crippen LogP contribution in [0.3, 0.4) is 0 Å². The molecule has 0 saturated heterocycles. The maximum absolute atomic E-state index is 13.2. The van der Waals surface area contributed by atoms with E-state index in [0.717, 1.165) is 43.3 Å². The summed E-state index contributed by atoms with van der Waals surface area (Å²) in [4.78, 5) is 25.6. The van der Waals surface area contributed by atoms with Crippen LogP contribution >= 0.6 is 0 Å². The van der Waals surface area contributed by atoms with Crippen LogP contribution in [-0.4, -0.2) is 40.8 Å². The van der Waals surface area contributed by atoms with Gasteiger partial charge in [0.15, 0.2) is 0 Å². The molecule has 3 saturated carbocycles. The van der Waals surface area contributed by atoms with E-state index in [1.165, 1.54) is 0 Å². The van der Waals surface area contributed by atoms with Crippen molar-refractivity contribution in [1.82, 2.24) is 0 Å². The molecule has 3 fully saturated rings. The number of Topliss-reactive ketones (excluding diaryl/α,β-unsaturated/α-hetero) is 1. The SMILES string of the molecule is CC1=C(CO)CC(C(C)C2CCC3C4CC=C5C(O)CCC(=O)C5(C)C4CCC23C)OC1=O. The van der Waals surface area contributed by atoms with Crippen LogP contribution in [-0.2, 0) is 14.3 Å². The van der Waals surface area contributed by atoms with Gasteiger partial charge in [0.2, 0.25) is 0 Å². The lowest BCUT2D eigenvalue weighted by Gasteiger charge is -2.58. The molecule has 182 valence electrons. The summed E-state index contributed by atoms with van der Waals surface area (Å²) in [6.45, 7) is 8.47. The number of fused-ring (bicyclic) bond motifs is 5. The average molecular weight is 457 g/mol. The predicted octanol–water partition coefficient (Wildman–Crippen LogP) is 4.37. The summed E-state index contributed by atoms with van der Waals surface area (Å²) in [6, 6.07) is 0. The molecule has 0 bridgehead atoms. The van der Waals surface area contributed by atoms with E-state index >= 15 is 0 Å². The fourth-order valence-electron chi connectivity index (χ4n) is 9.00. The number of hydrogen-bond donors (Lipinski definition) is 2.